The highest BCUT2D eigenvalue weighted by molar-refractivity contribution is 9.10. The molecular formula is C18H18BrClN2O4. The quantitative estimate of drug-likeness (QED) is 0.674. The zero-order chi connectivity index (χ0) is 19.1. The first-order valence-corrected chi connectivity index (χ1v) is 8.88. The van der Waals surface area contributed by atoms with Crippen molar-refractivity contribution in [1.82, 2.24) is 10.9 Å². The van der Waals surface area contributed by atoms with E-state index in [4.69, 9.17) is 21.1 Å². The van der Waals surface area contributed by atoms with Crippen LogP contribution in [0.25, 0.3) is 0 Å². The first-order chi connectivity index (χ1) is 12.3. The molecule has 0 unspecified atom stereocenters. The number of halogens is 2. The molecule has 0 aromatic heterocycles. The Kier molecular flexibility index (Phi) is 7.29. The summed E-state index contributed by atoms with van der Waals surface area (Å²) in [5.74, 6) is 0.0649. The van der Waals surface area contributed by atoms with Crippen LogP contribution in [-0.2, 0) is 9.59 Å². The highest BCUT2D eigenvalue weighted by Gasteiger charge is 2.08. The molecule has 0 saturated heterocycles. The summed E-state index contributed by atoms with van der Waals surface area (Å²) in [5, 5.41) is 0.546. The van der Waals surface area contributed by atoms with E-state index in [1.165, 1.54) is 0 Å². The van der Waals surface area contributed by atoms with Crippen molar-refractivity contribution in [3.8, 4) is 11.5 Å². The number of nitrogens with one attached hydrogen (secondary N) is 2. The van der Waals surface area contributed by atoms with Crippen LogP contribution in [0.4, 0.5) is 0 Å². The Labute approximate surface area is 164 Å². The van der Waals surface area contributed by atoms with Gasteiger partial charge in [0.25, 0.3) is 11.8 Å². The number of aryl methyl sites for hydroxylation is 2. The van der Waals surface area contributed by atoms with Crippen LogP contribution in [-0.4, -0.2) is 25.0 Å². The number of carbonyl (C=O) groups excluding carboxylic acids is 2. The van der Waals surface area contributed by atoms with Crippen molar-refractivity contribution in [3.05, 3.63) is 57.0 Å². The topological polar surface area (TPSA) is 76.7 Å². The van der Waals surface area contributed by atoms with Crippen LogP contribution < -0.4 is 20.3 Å². The van der Waals surface area contributed by atoms with Gasteiger partial charge in [-0.05, 0) is 71.2 Å². The second-order valence-corrected chi connectivity index (χ2v) is 6.79. The largest absolute Gasteiger partial charge is 0.484 e. The number of amides is 2. The number of rotatable bonds is 6. The summed E-state index contributed by atoms with van der Waals surface area (Å²) >= 11 is 9.11. The maximum absolute atomic E-state index is 11.7. The molecule has 8 heteroatoms. The third-order valence-electron chi connectivity index (χ3n) is 3.44. The molecule has 0 fully saturated rings. The van der Waals surface area contributed by atoms with Crippen LogP contribution in [0.5, 0.6) is 11.5 Å². The third kappa shape index (κ3) is 6.24. The molecule has 0 aliphatic carbocycles. The van der Waals surface area contributed by atoms with Crippen molar-refractivity contribution in [2.45, 2.75) is 13.8 Å². The summed E-state index contributed by atoms with van der Waals surface area (Å²) in [6, 6.07) is 10.5. The van der Waals surface area contributed by atoms with Gasteiger partial charge in [-0.3, -0.25) is 20.4 Å². The van der Waals surface area contributed by atoms with E-state index < -0.39 is 11.8 Å². The molecule has 0 aliphatic rings. The van der Waals surface area contributed by atoms with Crippen LogP contribution >= 0.6 is 27.5 Å². The molecule has 0 radical (unpaired) electrons. The summed E-state index contributed by atoms with van der Waals surface area (Å²) < 4.78 is 11.3. The lowest BCUT2D eigenvalue weighted by molar-refractivity contribution is -0.131. The Hall–Kier alpha value is -2.25. The van der Waals surface area contributed by atoms with E-state index in [0.717, 1.165) is 11.1 Å². The van der Waals surface area contributed by atoms with Gasteiger partial charge in [-0.15, -0.1) is 0 Å². The summed E-state index contributed by atoms with van der Waals surface area (Å²) in [4.78, 5) is 23.4. The number of benzene rings is 2. The van der Waals surface area contributed by atoms with E-state index in [1.807, 2.05) is 26.0 Å². The lowest BCUT2D eigenvalue weighted by Gasteiger charge is -2.11. The fourth-order valence-corrected chi connectivity index (χ4v) is 2.70. The summed E-state index contributed by atoms with van der Waals surface area (Å²) in [5.41, 5.74) is 6.73. The Morgan fingerprint density at radius 3 is 2.23 bits per heavy atom. The molecule has 6 nitrogen and oxygen atoms in total. The molecule has 2 aromatic rings. The first-order valence-electron chi connectivity index (χ1n) is 7.70. The lowest BCUT2D eigenvalue weighted by atomic mass is 10.1. The second-order valence-electron chi connectivity index (χ2n) is 5.49. The van der Waals surface area contributed by atoms with Gasteiger partial charge in [0.1, 0.15) is 11.5 Å². The molecule has 0 spiro atoms. The molecule has 2 amide bonds. The van der Waals surface area contributed by atoms with E-state index in [9.17, 15) is 9.59 Å². The van der Waals surface area contributed by atoms with Crippen LogP contribution in [0.15, 0.2) is 40.9 Å². The Morgan fingerprint density at radius 1 is 0.962 bits per heavy atom. The van der Waals surface area contributed by atoms with E-state index in [0.29, 0.717) is 21.0 Å². The summed E-state index contributed by atoms with van der Waals surface area (Å²) in [6.07, 6.45) is 0. The normalized spacial score (nSPS) is 10.2. The van der Waals surface area contributed by atoms with Crippen LogP contribution in [0.1, 0.15) is 11.1 Å². The van der Waals surface area contributed by atoms with Crippen LogP contribution in [0.3, 0.4) is 0 Å². The van der Waals surface area contributed by atoms with Gasteiger partial charge < -0.3 is 9.47 Å². The zero-order valence-corrected chi connectivity index (χ0v) is 16.6. The molecule has 138 valence electrons. The van der Waals surface area contributed by atoms with Gasteiger partial charge in [0.15, 0.2) is 13.2 Å². The highest BCUT2D eigenvalue weighted by atomic mass is 79.9. The molecule has 2 rings (SSSR count). The SMILES string of the molecule is Cc1ccc(OCC(=O)NNC(=O)COc2ccc(Cl)cc2Br)cc1C. The zero-order valence-electron chi connectivity index (χ0n) is 14.3. The second kappa shape index (κ2) is 9.45. The van der Waals surface area contributed by atoms with Crippen molar-refractivity contribution in [2.24, 2.45) is 0 Å². The minimum Gasteiger partial charge on any atom is -0.484 e. The monoisotopic (exact) mass is 440 g/mol. The van der Waals surface area contributed by atoms with Crippen molar-refractivity contribution in [2.75, 3.05) is 13.2 Å². The lowest BCUT2D eigenvalue weighted by Crippen LogP contribution is -2.45. The highest BCUT2D eigenvalue weighted by Crippen LogP contribution is 2.27. The molecule has 2 N–H and O–H groups in total. The number of hydrogen-bond donors (Lipinski definition) is 2. The molecule has 0 atom stereocenters. The van der Waals surface area contributed by atoms with Gasteiger partial charge in [-0.2, -0.15) is 0 Å². The minimum atomic E-state index is -0.508. The van der Waals surface area contributed by atoms with Gasteiger partial charge in [0.05, 0.1) is 4.47 Å². The predicted molar refractivity (Wildman–Crippen MR) is 102 cm³/mol. The Morgan fingerprint density at radius 2 is 1.62 bits per heavy atom. The van der Waals surface area contributed by atoms with Crippen molar-refractivity contribution < 1.29 is 19.1 Å². The fourth-order valence-electron chi connectivity index (χ4n) is 1.90. The first kappa shape index (κ1) is 20.1. The molecule has 0 saturated carbocycles. The fraction of sp³-hybridized carbons (Fsp3) is 0.222. The van der Waals surface area contributed by atoms with Crippen molar-refractivity contribution in [1.29, 1.82) is 0 Å². The van der Waals surface area contributed by atoms with Gasteiger partial charge in [0.2, 0.25) is 0 Å². The third-order valence-corrected chi connectivity index (χ3v) is 4.30. The van der Waals surface area contributed by atoms with E-state index in [-0.39, 0.29) is 13.2 Å². The van der Waals surface area contributed by atoms with Gasteiger partial charge in [0, 0.05) is 5.02 Å². The molecule has 26 heavy (non-hydrogen) atoms. The summed E-state index contributed by atoms with van der Waals surface area (Å²) in [7, 11) is 0. The molecule has 2 aromatic carbocycles. The summed E-state index contributed by atoms with van der Waals surface area (Å²) in [6.45, 7) is 3.47. The van der Waals surface area contributed by atoms with Crippen LogP contribution in [0, 0.1) is 13.8 Å². The molecule has 0 heterocycles. The molecular weight excluding hydrogens is 424 g/mol. The molecule has 0 aliphatic heterocycles. The standard InChI is InChI=1S/C18H18BrClN2O4/c1-11-3-5-14(7-12(11)2)25-9-17(23)21-22-18(24)10-26-16-6-4-13(20)8-15(16)19/h3-8H,9-10H2,1-2H3,(H,21,23)(H,22,24). The number of hydrogen-bond acceptors (Lipinski definition) is 4. The Bertz CT molecular complexity index is 814. The number of ether oxygens (including phenoxy) is 2. The van der Waals surface area contributed by atoms with E-state index in [2.05, 4.69) is 26.8 Å². The average molecular weight is 442 g/mol. The van der Waals surface area contributed by atoms with Crippen LogP contribution in [0.2, 0.25) is 5.02 Å². The molecule has 0 bridgehead atoms. The maximum Gasteiger partial charge on any atom is 0.276 e. The van der Waals surface area contributed by atoms with Crippen molar-refractivity contribution in [3.63, 3.8) is 0 Å². The average Bonchev–Trinajstić information content (AvgIpc) is 2.60. The number of carbonyl (C=O) groups is 2. The van der Waals surface area contributed by atoms with E-state index in [1.54, 1.807) is 24.3 Å². The smallest absolute Gasteiger partial charge is 0.276 e. The Balaban J connectivity index is 1.71. The van der Waals surface area contributed by atoms with Crippen molar-refractivity contribution >= 4 is 39.3 Å². The van der Waals surface area contributed by atoms with Gasteiger partial charge >= 0.3 is 0 Å². The predicted octanol–water partition coefficient (Wildman–Crippen LogP) is 3.32. The van der Waals surface area contributed by atoms with Gasteiger partial charge in [-0.25, -0.2) is 0 Å². The number of hydrazine groups is 1. The minimum absolute atomic E-state index is 0.216. The maximum atomic E-state index is 11.7. The van der Waals surface area contributed by atoms with Gasteiger partial charge in [-0.1, -0.05) is 17.7 Å². The van der Waals surface area contributed by atoms with E-state index >= 15 is 0 Å².